The lowest BCUT2D eigenvalue weighted by Crippen LogP contribution is -2.20. The number of nitrogens with one attached hydrogen (secondary N) is 1. The molecule has 0 spiro atoms. The molecule has 1 aliphatic heterocycles. The van der Waals surface area contributed by atoms with Gasteiger partial charge in [-0.15, -0.1) is 0 Å². The highest BCUT2D eigenvalue weighted by molar-refractivity contribution is 7.91. The molecule has 0 atom stereocenters. The molecule has 160 valence electrons. The van der Waals surface area contributed by atoms with Gasteiger partial charge in [0.05, 0.1) is 24.5 Å². The van der Waals surface area contributed by atoms with Gasteiger partial charge in [-0.1, -0.05) is 42.5 Å². The Bertz CT molecular complexity index is 1190. The Labute approximate surface area is 181 Å². The SMILES string of the molecule is CCOC(=O)Cc1ccc(Nc2nc(-c3ccccc3)nc3c2S(=O)(=O)CCC3)cc1. The summed E-state index contributed by atoms with van der Waals surface area (Å²) in [6.07, 6.45) is 1.32. The Hall–Kier alpha value is -3.26. The van der Waals surface area contributed by atoms with Crippen LogP contribution in [0.2, 0.25) is 0 Å². The van der Waals surface area contributed by atoms with Crippen LogP contribution in [-0.2, 0) is 32.2 Å². The van der Waals surface area contributed by atoms with E-state index < -0.39 is 9.84 Å². The van der Waals surface area contributed by atoms with E-state index in [-0.39, 0.29) is 28.9 Å². The second-order valence-electron chi connectivity index (χ2n) is 7.26. The van der Waals surface area contributed by atoms with E-state index in [2.05, 4.69) is 15.3 Å². The number of aromatic nitrogens is 2. The lowest BCUT2D eigenvalue weighted by molar-refractivity contribution is -0.142. The van der Waals surface area contributed by atoms with Crippen molar-refractivity contribution >= 4 is 27.3 Å². The first kappa shape index (κ1) is 21.0. The van der Waals surface area contributed by atoms with Gasteiger partial charge in [-0.05, 0) is 37.5 Å². The van der Waals surface area contributed by atoms with Gasteiger partial charge in [0, 0.05) is 11.3 Å². The summed E-state index contributed by atoms with van der Waals surface area (Å²) in [6, 6.07) is 16.7. The largest absolute Gasteiger partial charge is 0.466 e. The Morgan fingerprint density at radius 2 is 1.81 bits per heavy atom. The van der Waals surface area contributed by atoms with E-state index in [0.717, 1.165) is 11.1 Å². The maximum Gasteiger partial charge on any atom is 0.310 e. The lowest BCUT2D eigenvalue weighted by Gasteiger charge is -2.20. The number of ether oxygens (including phenoxy) is 1. The molecule has 0 fully saturated rings. The van der Waals surface area contributed by atoms with Crippen molar-refractivity contribution in [3.05, 3.63) is 65.9 Å². The molecule has 7 nitrogen and oxygen atoms in total. The van der Waals surface area contributed by atoms with Crippen molar-refractivity contribution in [2.24, 2.45) is 0 Å². The fourth-order valence-corrected chi connectivity index (χ4v) is 5.17. The fourth-order valence-electron chi connectivity index (χ4n) is 3.55. The molecule has 31 heavy (non-hydrogen) atoms. The molecule has 0 amide bonds. The molecule has 1 N–H and O–H groups in total. The molecule has 0 bridgehead atoms. The summed E-state index contributed by atoms with van der Waals surface area (Å²) in [5, 5.41) is 3.16. The first-order valence-corrected chi connectivity index (χ1v) is 11.8. The third kappa shape index (κ3) is 4.74. The predicted molar refractivity (Wildman–Crippen MR) is 118 cm³/mol. The first-order valence-electron chi connectivity index (χ1n) is 10.2. The number of hydrogen-bond donors (Lipinski definition) is 1. The summed E-state index contributed by atoms with van der Waals surface area (Å²) in [7, 11) is -3.47. The number of nitrogens with zero attached hydrogens (tertiary/aromatic N) is 2. The Balaban J connectivity index is 1.69. The summed E-state index contributed by atoms with van der Waals surface area (Å²) in [4.78, 5) is 21.0. The van der Waals surface area contributed by atoms with Crippen molar-refractivity contribution in [1.29, 1.82) is 0 Å². The van der Waals surface area contributed by atoms with Gasteiger partial charge in [0.25, 0.3) is 0 Å². The third-order valence-corrected chi connectivity index (χ3v) is 6.85. The average molecular weight is 438 g/mol. The minimum Gasteiger partial charge on any atom is -0.466 e. The summed E-state index contributed by atoms with van der Waals surface area (Å²) in [5.41, 5.74) is 2.85. The van der Waals surface area contributed by atoms with Gasteiger partial charge in [0.2, 0.25) is 0 Å². The second-order valence-corrected chi connectivity index (χ2v) is 9.31. The second kappa shape index (κ2) is 8.85. The smallest absolute Gasteiger partial charge is 0.310 e. The topological polar surface area (TPSA) is 98.2 Å². The number of carbonyl (C=O) groups excluding carboxylic acids is 1. The van der Waals surface area contributed by atoms with Gasteiger partial charge in [-0.2, -0.15) is 0 Å². The zero-order valence-electron chi connectivity index (χ0n) is 17.2. The van der Waals surface area contributed by atoms with Crippen LogP contribution in [0.3, 0.4) is 0 Å². The lowest BCUT2D eigenvalue weighted by atomic mass is 10.1. The molecule has 4 rings (SSSR count). The Morgan fingerprint density at radius 3 is 2.52 bits per heavy atom. The number of hydrogen-bond acceptors (Lipinski definition) is 7. The molecule has 8 heteroatoms. The first-order chi connectivity index (χ1) is 15.0. The van der Waals surface area contributed by atoms with Crippen molar-refractivity contribution in [1.82, 2.24) is 9.97 Å². The van der Waals surface area contributed by atoms with Crippen LogP contribution in [0.5, 0.6) is 0 Å². The van der Waals surface area contributed by atoms with Crippen LogP contribution in [0, 0.1) is 0 Å². The molecule has 2 heterocycles. The standard InChI is InChI=1S/C23H23N3O4S/c1-2-30-20(27)15-16-10-12-18(13-11-16)24-23-21-19(9-6-14-31(21,28)29)25-22(26-23)17-7-4-3-5-8-17/h3-5,7-8,10-13H,2,6,9,14-15H2,1H3,(H,24,25,26). The molecule has 0 aliphatic carbocycles. The van der Waals surface area contributed by atoms with Crippen molar-refractivity contribution < 1.29 is 17.9 Å². The van der Waals surface area contributed by atoms with Gasteiger partial charge in [0.15, 0.2) is 21.5 Å². The molecule has 0 saturated heterocycles. The summed E-state index contributed by atoms with van der Waals surface area (Å²) >= 11 is 0. The van der Waals surface area contributed by atoms with E-state index >= 15 is 0 Å². The third-order valence-electron chi connectivity index (χ3n) is 4.98. The van der Waals surface area contributed by atoms with Gasteiger partial charge in [-0.3, -0.25) is 4.79 Å². The van der Waals surface area contributed by atoms with Gasteiger partial charge >= 0.3 is 5.97 Å². The molecule has 1 aromatic heterocycles. The van der Waals surface area contributed by atoms with E-state index in [4.69, 9.17) is 4.74 Å². The van der Waals surface area contributed by atoms with Crippen molar-refractivity contribution in [2.75, 3.05) is 17.7 Å². The maximum atomic E-state index is 12.8. The molecule has 0 unspecified atom stereocenters. The summed E-state index contributed by atoms with van der Waals surface area (Å²) in [6.45, 7) is 2.11. The predicted octanol–water partition coefficient (Wildman–Crippen LogP) is 3.71. The van der Waals surface area contributed by atoms with Crippen LogP contribution in [0.15, 0.2) is 59.5 Å². The van der Waals surface area contributed by atoms with E-state index in [1.165, 1.54) is 0 Å². The molecule has 1 aliphatic rings. The monoisotopic (exact) mass is 437 g/mol. The number of sulfone groups is 1. The van der Waals surface area contributed by atoms with Gasteiger partial charge in [0.1, 0.15) is 4.90 Å². The van der Waals surface area contributed by atoms with Crippen LogP contribution in [-0.4, -0.2) is 36.7 Å². The number of benzene rings is 2. The normalized spacial score (nSPS) is 14.5. The van der Waals surface area contributed by atoms with Crippen molar-refractivity contribution in [3.8, 4) is 11.4 Å². The Kier molecular flexibility index (Phi) is 5.99. The molecule has 3 aromatic rings. The van der Waals surface area contributed by atoms with E-state index in [9.17, 15) is 13.2 Å². The number of esters is 1. The Morgan fingerprint density at radius 1 is 1.06 bits per heavy atom. The molecular formula is C23H23N3O4S. The van der Waals surface area contributed by atoms with Gasteiger partial charge < -0.3 is 10.1 Å². The zero-order valence-corrected chi connectivity index (χ0v) is 18.0. The van der Waals surface area contributed by atoms with Crippen molar-refractivity contribution in [2.45, 2.75) is 31.1 Å². The van der Waals surface area contributed by atoms with Crippen LogP contribution in [0.25, 0.3) is 11.4 Å². The zero-order chi connectivity index (χ0) is 21.8. The van der Waals surface area contributed by atoms with E-state index in [1.54, 1.807) is 31.2 Å². The quantitative estimate of drug-likeness (QED) is 0.587. The van der Waals surface area contributed by atoms with E-state index in [0.29, 0.717) is 36.7 Å². The highest BCUT2D eigenvalue weighted by atomic mass is 32.2. The molecule has 2 aromatic carbocycles. The van der Waals surface area contributed by atoms with Crippen LogP contribution in [0.1, 0.15) is 24.6 Å². The minimum absolute atomic E-state index is 0.0845. The van der Waals surface area contributed by atoms with Crippen LogP contribution < -0.4 is 5.32 Å². The number of anilines is 2. The van der Waals surface area contributed by atoms with Crippen LogP contribution in [0.4, 0.5) is 11.5 Å². The van der Waals surface area contributed by atoms with E-state index in [1.807, 2.05) is 30.3 Å². The average Bonchev–Trinajstić information content (AvgIpc) is 2.75. The van der Waals surface area contributed by atoms with Gasteiger partial charge in [-0.25, -0.2) is 18.4 Å². The number of aryl methyl sites for hydroxylation is 1. The highest BCUT2D eigenvalue weighted by Crippen LogP contribution is 2.33. The molecular weight excluding hydrogens is 414 g/mol. The van der Waals surface area contributed by atoms with Crippen LogP contribution >= 0.6 is 0 Å². The molecule has 0 saturated carbocycles. The summed E-state index contributed by atoms with van der Waals surface area (Å²) < 4.78 is 30.6. The minimum atomic E-state index is -3.47. The maximum absolute atomic E-state index is 12.8. The number of rotatable bonds is 6. The number of fused-ring (bicyclic) bond motifs is 1. The number of carbonyl (C=O) groups is 1. The summed E-state index contributed by atoms with van der Waals surface area (Å²) in [5.74, 6) is 0.563. The van der Waals surface area contributed by atoms with Crippen molar-refractivity contribution in [3.63, 3.8) is 0 Å². The molecule has 0 radical (unpaired) electrons. The fraction of sp³-hybridized carbons (Fsp3) is 0.261. The highest BCUT2D eigenvalue weighted by Gasteiger charge is 2.30.